The maximum absolute atomic E-state index is 12.7. The topological polar surface area (TPSA) is 64.3 Å². The summed E-state index contributed by atoms with van der Waals surface area (Å²) < 4.78 is 2.50. The van der Waals surface area contributed by atoms with Crippen molar-refractivity contribution in [1.82, 2.24) is 14.0 Å². The molecule has 2 aromatic carbocycles. The number of fused-ring (bicyclic) bond motifs is 1. The Bertz CT molecular complexity index is 1120. The quantitative estimate of drug-likeness (QED) is 0.677. The molecule has 140 valence electrons. The van der Waals surface area contributed by atoms with Crippen LogP contribution in [0.25, 0.3) is 10.9 Å². The first kappa shape index (κ1) is 18.9. The Labute approximate surface area is 161 Å². The number of amides is 1. The van der Waals surface area contributed by atoms with Gasteiger partial charge in [-0.2, -0.15) is 0 Å². The van der Waals surface area contributed by atoms with E-state index >= 15 is 0 Å². The summed E-state index contributed by atoms with van der Waals surface area (Å²) in [5, 5.41) is 1.02. The van der Waals surface area contributed by atoms with Crippen molar-refractivity contribution in [2.45, 2.75) is 26.6 Å². The Morgan fingerprint density at radius 2 is 1.81 bits per heavy atom. The molecule has 1 aromatic heterocycles. The molecule has 0 saturated heterocycles. The van der Waals surface area contributed by atoms with Crippen LogP contribution in [0.3, 0.4) is 0 Å². The van der Waals surface area contributed by atoms with E-state index < -0.39 is 5.69 Å². The van der Waals surface area contributed by atoms with E-state index in [0.29, 0.717) is 22.5 Å². The van der Waals surface area contributed by atoms with Crippen LogP contribution in [-0.2, 0) is 24.4 Å². The van der Waals surface area contributed by atoms with Gasteiger partial charge in [-0.25, -0.2) is 4.79 Å². The fourth-order valence-corrected chi connectivity index (χ4v) is 3.27. The molecule has 3 aromatic rings. The maximum atomic E-state index is 12.7. The van der Waals surface area contributed by atoms with Gasteiger partial charge < -0.3 is 4.90 Å². The Kier molecular flexibility index (Phi) is 5.46. The number of para-hydroxylation sites is 1. The van der Waals surface area contributed by atoms with Crippen molar-refractivity contribution < 1.29 is 4.79 Å². The fourth-order valence-electron chi connectivity index (χ4n) is 3.06. The zero-order chi connectivity index (χ0) is 19.6. The smallest absolute Gasteiger partial charge is 0.331 e. The highest BCUT2D eigenvalue weighted by atomic mass is 35.5. The SMILES string of the molecule is CCn1c(=O)c2ccccc2n(CC(=O)N(C)Cc2cccc(Cl)c2)c1=O. The van der Waals surface area contributed by atoms with Crippen LogP contribution < -0.4 is 11.2 Å². The first-order chi connectivity index (χ1) is 12.9. The van der Waals surface area contributed by atoms with Gasteiger partial charge in [0.15, 0.2) is 0 Å². The number of nitrogens with zero attached hydrogens (tertiary/aromatic N) is 3. The summed E-state index contributed by atoms with van der Waals surface area (Å²) >= 11 is 5.99. The summed E-state index contributed by atoms with van der Waals surface area (Å²) in [6, 6.07) is 14.1. The summed E-state index contributed by atoms with van der Waals surface area (Å²) in [6.45, 7) is 2.21. The average Bonchev–Trinajstić information content (AvgIpc) is 2.65. The highest BCUT2D eigenvalue weighted by molar-refractivity contribution is 6.30. The number of rotatable bonds is 5. The second kappa shape index (κ2) is 7.80. The molecule has 0 aliphatic carbocycles. The molecule has 0 fully saturated rings. The van der Waals surface area contributed by atoms with Crippen molar-refractivity contribution in [2.75, 3.05) is 7.05 Å². The van der Waals surface area contributed by atoms with Crippen LogP contribution in [-0.4, -0.2) is 27.0 Å². The fraction of sp³-hybridized carbons (Fsp3) is 0.250. The molecule has 1 heterocycles. The third kappa shape index (κ3) is 3.80. The van der Waals surface area contributed by atoms with Gasteiger partial charge in [0.25, 0.3) is 5.56 Å². The van der Waals surface area contributed by atoms with E-state index in [1.54, 1.807) is 50.4 Å². The summed E-state index contributed by atoms with van der Waals surface area (Å²) in [5.41, 5.74) is 0.538. The van der Waals surface area contributed by atoms with Gasteiger partial charge in [-0.1, -0.05) is 35.9 Å². The van der Waals surface area contributed by atoms with Gasteiger partial charge in [-0.3, -0.25) is 18.7 Å². The maximum Gasteiger partial charge on any atom is 0.331 e. The Morgan fingerprint density at radius 1 is 1.07 bits per heavy atom. The lowest BCUT2D eigenvalue weighted by molar-refractivity contribution is -0.131. The molecule has 0 atom stereocenters. The molecule has 0 radical (unpaired) electrons. The third-order valence-electron chi connectivity index (χ3n) is 4.48. The van der Waals surface area contributed by atoms with Crippen LogP contribution >= 0.6 is 11.6 Å². The van der Waals surface area contributed by atoms with Crippen LogP contribution in [0, 0.1) is 0 Å². The number of carbonyl (C=O) groups excluding carboxylic acids is 1. The molecule has 0 unspecified atom stereocenters. The van der Waals surface area contributed by atoms with Crippen LogP contribution in [0.1, 0.15) is 12.5 Å². The Morgan fingerprint density at radius 3 is 2.52 bits per heavy atom. The van der Waals surface area contributed by atoms with E-state index in [0.717, 1.165) is 10.1 Å². The number of likely N-dealkylation sites (N-methyl/N-ethyl adjacent to an activating group) is 1. The summed E-state index contributed by atoms with van der Waals surface area (Å²) in [6.07, 6.45) is 0. The number of hydrogen-bond donors (Lipinski definition) is 0. The molecule has 0 bridgehead atoms. The molecule has 6 nitrogen and oxygen atoms in total. The van der Waals surface area contributed by atoms with Crippen LogP contribution in [0.15, 0.2) is 58.1 Å². The number of aromatic nitrogens is 2. The van der Waals surface area contributed by atoms with Crippen LogP contribution in [0.2, 0.25) is 5.02 Å². The highest BCUT2D eigenvalue weighted by Crippen LogP contribution is 2.13. The van der Waals surface area contributed by atoms with Gasteiger partial charge >= 0.3 is 5.69 Å². The molecule has 0 N–H and O–H groups in total. The van der Waals surface area contributed by atoms with Crippen LogP contribution in [0.5, 0.6) is 0 Å². The Balaban J connectivity index is 1.95. The van der Waals surface area contributed by atoms with Crippen molar-refractivity contribution in [3.05, 3.63) is 80.0 Å². The predicted molar refractivity (Wildman–Crippen MR) is 106 cm³/mol. The van der Waals surface area contributed by atoms with Crippen molar-refractivity contribution in [3.63, 3.8) is 0 Å². The molecule has 0 saturated carbocycles. The van der Waals surface area contributed by atoms with Crippen molar-refractivity contribution in [3.8, 4) is 0 Å². The minimum absolute atomic E-state index is 0.142. The number of halogens is 1. The third-order valence-corrected chi connectivity index (χ3v) is 4.71. The molecule has 27 heavy (non-hydrogen) atoms. The van der Waals surface area contributed by atoms with E-state index in [1.165, 1.54) is 9.47 Å². The van der Waals surface area contributed by atoms with E-state index in [-0.39, 0.29) is 24.6 Å². The van der Waals surface area contributed by atoms with E-state index in [1.807, 2.05) is 12.1 Å². The minimum Gasteiger partial charge on any atom is -0.340 e. The zero-order valence-electron chi connectivity index (χ0n) is 15.2. The first-order valence-electron chi connectivity index (χ1n) is 8.63. The predicted octanol–water partition coefficient (Wildman–Crippen LogP) is 2.50. The Hall–Kier alpha value is -2.86. The van der Waals surface area contributed by atoms with E-state index in [2.05, 4.69) is 0 Å². The molecule has 0 aliphatic rings. The lowest BCUT2D eigenvalue weighted by Crippen LogP contribution is -2.42. The molecule has 0 spiro atoms. The van der Waals surface area contributed by atoms with Gasteiger partial charge in [0.05, 0.1) is 10.9 Å². The molecular formula is C20H20ClN3O3. The van der Waals surface area contributed by atoms with E-state index in [4.69, 9.17) is 11.6 Å². The van der Waals surface area contributed by atoms with Gasteiger partial charge in [0.1, 0.15) is 6.54 Å². The van der Waals surface area contributed by atoms with Gasteiger partial charge in [-0.05, 0) is 36.8 Å². The lowest BCUT2D eigenvalue weighted by atomic mass is 10.2. The standard InChI is InChI=1S/C20H20ClN3O3/c1-3-23-19(26)16-9-4-5-10-17(16)24(20(23)27)13-18(25)22(2)12-14-7-6-8-15(21)11-14/h4-11H,3,12-13H2,1-2H3. The zero-order valence-corrected chi connectivity index (χ0v) is 15.9. The van der Waals surface area contributed by atoms with Gasteiger partial charge in [0, 0.05) is 25.2 Å². The molecule has 1 amide bonds. The van der Waals surface area contributed by atoms with Crippen LogP contribution in [0.4, 0.5) is 0 Å². The van der Waals surface area contributed by atoms with Crippen molar-refractivity contribution in [2.24, 2.45) is 0 Å². The first-order valence-corrected chi connectivity index (χ1v) is 9.01. The summed E-state index contributed by atoms with van der Waals surface area (Å²) in [4.78, 5) is 39.5. The van der Waals surface area contributed by atoms with Gasteiger partial charge in [0.2, 0.25) is 5.91 Å². The average molecular weight is 386 g/mol. The molecule has 0 aliphatic heterocycles. The van der Waals surface area contributed by atoms with E-state index in [9.17, 15) is 14.4 Å². The second-order valence-corrected chi connectivity index (χ2v) is 6.75. The van der Waals surface area contributed by atoms with Crippen molar-refractivity contribution in [1.29, 1.82) is 0 Å². The highest BCUT2D eigenvalue weighted by Gasteiger charge is 2.16. The summed E-state index contributed by atoms with van der Waals surface area (Å²) in [5.74, 6) is -0.233. The normalized spacial score (nSPS) is 10.9. The second-order valence-electron chi connectivity index (χ2n) is 6.32. The number of hydrogen-bond acceptors (Lipinski definition) is 3. The molecule has 7 heteroatoms. The molecular weight excluding hydrogens is 366 g/mol. The lowest BCUT2D eigenvalue weighted by Gasteiger charge is -2.19. The summed E-state index contributed by atoms with van der Waals surface area (Å²) in [7, 11) is 1.67. The van der Waals surface area contributed by atoms with Gasteiger partial charge in [-0.15, -0.1) is 0 Å². The number of carbonyl (C=O) groups is 1. The largest absolute Gasteiger partial charge is 0.340 e. The minimum atomic E-state index is -0.481. The monoisotopic (exact) mass is 385 g/mol. The van der Waals surface area contributed by atoms with Crippen molar-refractivity contribution >= 4 is 28.4 Å². The molecule has 3 rings (SSSR count). The number of benzene rings is 2.